The van der Waals surface area contributed by atoms with E-state index in [4.69, 9.17) is 4.74 Å². The van der Waals surface area contributed by atoms with E-state index in [0.717, 1.165) is 30.6 Å². The zero-order valence-electron chi connectivity index (χ0n) is 12.0. The minimum Gasteiger partial charge on any atom is -0.494 e. The second-order valence-corrected chi connectivity index (χ2v) is 5.97. The van der Waals surface area contributed by atoms with Crippen LogP contribution < -0.4 is 10.1 Å². The summed E-state index contributed by atoms with van der Waals surface area (Å²) in [5.74, 6) is 2.20. The maximum Gasteiger partial charge on any atom is 0.123 e. The van der Waals surface area contributed by atoms with Crippen LogP contribution in [0.15, 0.2) is 24.3 Å². The number of benzene rings is 1. The third-order valence-corrected chi connectivity index (χ3v) is 4.73. The van der Waals surface area contributed by atoms with Crippen molar-refractivity contribution in [1.82, 2.24) is 10.2 Å². The van der Waals surface area contributed by atoms with Crippen molar-refractivity contribution in [3.63, 3.8) is 0 Å². The molecule has 0 radical (unpaired) electrons. The van der Waals surface area contributed by atoms with Gasteiger partial charge in [0.2, 0.25) is 0 Å². The SMILES string of the molecule is CC1C2CNCC2CN1CCCOc1ccc(F)cc1. The van der Waals surface area contributed by atoms with Crippen molar-refractivity contribution in [3.05, 3.63) is 30.1 Å². The number of fused-ring (bicyclic) bond motifs is 1. The van der Waals surface area contributed by atoms with Crippen LogP contribution in [-0.2, 0) is 0 Å². The maximum atomic E-state index is 12.8. The summed E-state index contributed by atoms with van der Waals surface area (Å²) in [6.45, 7) is 7.71. The molecule has 2 heterocycles. The molecule has 3 unspecified atom stereocenters. The average molecular weight is 278 g/mol. The topological polar surface area (TPSA) is 24.5 Å². The highest BCUT2D eigenvalue weighted by atomic mass is 19.1. The zero-order valence-corrected chi connectivity index (χ0v) is 12.0. The van der Waals surface area contributed by atoms with Gasteiger partial charge in [-0.05, 0) is 62.5 Å². The Balaban J connectivity index is 1.39. The van der Waals surface area contributed by atoms with E-state index in [2.05, 4.69) is 17.1 Å². The lowest BCUT2D eigenvalue weighted by molar-refractivity contribution is 0.212. The van der Waals surface area contributed by atoms with Gasteiger partial charge in [0.1, 0.15) is 11.6 Å². The van der Waals surface area contributed by atoms with Gasteiger partial charge in [0, 0.05) is 19.1 Å². The summed E-state index contributed by atoms with van der Waals surface area (Å²) in [5.41, 5.74) is 0. The Hall–Kier alpha value is -1.13. The summed E-state index contributed by atoms with van der Waals surface area (Å²) in [6, 6.07) is 6.92. The van der Waals surface area contributed by atoms with Crippen LogP contribution in [0.5, 0.6) is 5.75 Å². The third-order valence-electron chi connectivity index (χ3n) is 4.73. The number of rotatable bonds is 5. The predicted molar refractivity (Wildman–Crippen MR) is 77.4 cm³/mol. The molecule has 1 aromatic carbocycles. The van der Waals surface area contributed by atoms with Crippen LogP contribution in [0.3, 0.4) is 0 Å². The normalized spacial score (nSPS) is 29.6. The number of hydrogen-bond acceptors (Lipinski definition) is 3. The van der Waals surface area contributed by atoms with Gasteiger partial charge >= 0.3 is 0 Å². The predicted octanol–water partition coefficient (Wildman–Crippen LogP) is 2.13. The first-order chi connectivity index (χ1) is 9.74. The van der Waals surface area contributed by atoms with Crippen molar-refractivity contribution in [2.75, 3.05) is 32.8 Å². The molecule has 0 bridgehead atoms. The summed E-state index contributed by atoms with van der Waals surface area (Å²) < 4.78 is 18.4. The zero-order chi connectivity index (χ0) is 13.9. The Bertz CT molecular complexity index is 437. The molecule has 2 saturated heterocycles. The fraction of sp³-hybridized carbons (Fsp3) is 0.625. The second-order valence-electron chi connectivity index (χ2n) is 5.97. The molecule has 1 aromatic rings. The van der Waals surface area contributed by atoms with Gasteiger partial charge in [-0.15, -0.1) is 0 Å². The van der Waals surface area contributed by atoms with Crippen molar-refractivity contribution >= 4 is 0 Å². The highest BCUT2D eigenvalue weighted by Crippen LogP contribution is 2.32. The van der Waals surface area contributed by atoms with E-state index in [0.29, 0.717) is 12.6 Å². The van der Waals surface area contributed by atoms with Gasteiger partial charge in [-0.25, -0.2) is 4.39 Å². The molecule has 0 aliphatic carbocycles. The van der Waals surface area contributed by atoms with Gasteiger partial charge < -0.3 is 10.1 Å². The first-order valence-corrected chi connectivity index (χ1v) is 7.57. The van der Waals surface area contributed by atoms with Gasteiger partial charge in [-0.2, -0.15) is 0 Å². The fourth-order valence-corrected chi connectivity index (χ4v) is 3.54. The molecule has 0 saturated carbocycles. The number of nitrogens with zero attached hydrogens (tertiary/aromatic N) is 1. The van der Waals surface area contributed by atoms with Gasteiger partial charge in [-0.3, -0.25) is 4.90 Å². The maximum absolute atomic E-state index is 12.8. The molecule has 4 heteroatoms. The lowest BCUT2D eigenvalue weighted by Gasteiger charge is -2.24. The van der Waals surface area contributed by atoms with Gasteiger partial charge in [0.15, 0.2) is 0 Å². The number of ether oxygens (including phenoxy) is 1. The largest absolute Gasteiger partial charge is 0.494 e. The van der Waals surface area contributed by atoms with E-state index in [-0.39, 0.29) is 5.82 Å². The van der Waals surface area contributed by atoms with Crippen LogP contribution in [0, 0.1) is 17.7 Å². The van der Waals surface area contributed by atoms with E-state index in [1.165, 1.54) is 31.8 Å². The molecule has 0 amide bonds. The van der Waals surface area contributed by atoms with Crippen molar-refractivity contribution in [2.24, 2.45) is 11.8 Å². The van der Waals surface area contributed by atoms with Crippen molar-refractivity contribution in [1.29, 1.82) is 0 Å². The minimum absolute atomic E-state index is 0.219. The second kappa shape index (κ2) is 6.10. The Kier molecular flexibility index (Phi) is 4.22. The number of halogens is 1. The summed E-state index contributed by atoms with van der Waals surface area (Å²) in [5, 5.41) is 3.49. The Labute approximate surface area is 120 Å². The molecule has 3 rings (SSSR count). The monoisotopic (exact) mass is 278 g/mol. The summed E-state index contributed by atoms with van der Waals surface area (Å²) in [4.78, 5) is 2.59. The molecule has 2 aliphatic rings. The summed E-state index contributed by atoms with van der Waals surface area (Å²) in [6.07, 6.45) is 1.02. The van der Waals surface area contributed by atoms with E-state index < -0.39 is 0 Å². The molecule has 3 atom stereocenters. The first-order valence-electron chi connectivity index (χ1n) is 7.57. The first kappa shape index (κ1) is 13.8. The van der Waals surface area contributed by atoms with Crippen molar-refractivity contribution in [3.8, 4) is 5.75 Å². The number of likely N-dealkylation sites (tertiary alicyclic amines) is 1. The van der Waals surface area contributed by atoms with Crippen LogP contribution in [0.2, 0.25) is 0 Å². The van der Waals surface area contributed by atoms with Crippen LogP contribution in [0.4, 0.5) is 4.39 Å². The van der Waals surface area contributed by atoms with Crippen LogP contribution in [-0.4, -0.2) is 43.7 Å². The average Bonchev–Trinajstić information content (AvgIpc) is 3.01. The number of nitrogens with one attached hydrogen (secondary N) is 1. The molecular formula is C16H23FN2O. The van der Waals surface area contributed by atoms with E-state index in [1.54, 1.807) is 12.1 Å². The van der Waals surface area contributed by atoms with E-state index in [1.807, 2.05) is 0 Å². The highest BCUT2D eigenvalue weighted by Gasteiger charge is 2.41. The Morgan fingerprint density at radius 2 is 2.10 bits per heavy atom. The lowest BCUT2D eigenvalue weighted by atomic mass is 9.95. The minimum atomic E-state index is -0.219. The van der Waals surface area contributed by atoms with Crippen LogP contribution >= 0.6 is 0 Å². The molecule has 1 N–H and O–H groups in total. The van der Waals surface area contributed by atoms with Crippen LogP contribution in [0.1, 0.15) is 13.3 Å². The standard InChI is InChI=1S/C16H23FN2O/c1-12-16-10-18-9-13(16)11-19(12)7-2-8-20-15-5-3-14(17)4-6-15/h3-6,12-13,16,18H,2,7-11H2,1H3. The quantitative estimate of drug-likeness (QED) is 0.835. The van der Waals surface area contributed by atoms with Gasteiger partial charge in [0.25, 0.3) is 0 Å². The van der Waals surface area contributed by atoms with Crippen molar-refractivity contribution in [2.45, 2.75) is 19.4 Å². The molecule has 20 heavy (non-hydrogen) atoms. The molecule has 2 aliphatic heterocycles. The number of hydrogen-bond donors (Lipinski definition) is 1. The molecule has 3 nitrogen and oxygen atoms in total. The summed E-state index contributed by atoms with van der Waals surface area (Å²) in [7, 11) is 0. The van der Waals surface area contributed by atoms with Gasteiger partial charge in [-0.1, -0.05) is 0 Å². The molecule has 0 spiro atoms. The van der Waals surface area contributed by atoms with Crippen molar-refractivity contribution < 1.29 is 9.13 Å². The molecule has 0 aromatic heterocycles. The van der Waals surface area contributed by atoms with Crippen LogP contribution in [0.25, 0.3) is 0 Å². The fourth-order valence-electron chi connectivity index (χ4n) is 3.54. The lowest BCUT2D eigenvalue weighted by Crippen LogP contribution is -2.34. The molecule has 110 valence electrons. The highest BCUT2D eigenvalue weighted by molar-refractivity contribution is 5.21. The van der Waals surface area contributed by atoms with E-state index in [9.17, 15) is 4.39 Å². The molecular weight excluding hydrogens is 255 g/mol. The third kappa shape index (κ3) is 2.96. The van der Waals surface area contributed by atoms with Gasteiger partial charge in [0.05, 0.1) is 6.61 Å². The smallest absolute Gasteiger partial charge is 0.123 e. The Morgan fingerprint density at radius 1 is 1.30 bits per heavy atom. The van der Waals surface area contributed by atoms with E-state index >= 15 is 0 Å². The summed E-state index contributed by atoms with van der Waals surface area (Å²) >= 11 is 0. The Morgan fingerprint density at radius 3 is 2.85 bits per heavy atom. The molecule has 2 fully saturated rings.